The maximum Gasteiger partial charge on any atom is 0.0486 e. The van der Waals surface area contributed by atoms with Crippen molar-refractivity contribution in [1.82, 2.24) is 4.57 Å². The predicted octanol–water partition coefficient (Wildman–Crippen LogP) is 3.66. The highest BCUT2D eigenvalue weighted by molar-refractivity contribution is 5.96. The Kier molecular flexibility index (Phi) is 3.34. The van der Waals surface area contributed by atoms with Gasteiger partial charge in [0.25, 0.3) is 0 Å². The number of para-hydroxylation sites is 1. The lowest BCUT2D eigenvalue weighted by Gasteiger charge is -2.02. The summed E-state index contributed by atoms with van der Waals surface area (Å²) in [6, 6.07) is 19.1. The number of aryl methyl sites for hydroxylation is 1. The first-order valence-corrected chi connectivity index (χ1v) is 6.73. The fourth-order valence-corrected chi connectivity index (χ4v) is 2.54. The molecule has 0 radical (unpaired) electrons. The first kappa shape index (κ1) is 12.0. The van der Waals surface area contributed by atoms with E-state index in [4.69, 9.17) is 5.73 Å². The number of aromatic nitrogens is 1. The lowest BCUT2D eigenvalue weighted by molar-refractivity contribution is 0.671. The van der Waals surface area contributed by atoms with Crippen molar-refractivity contribution in [1.29, 1.82) is 0 Å². The van der Waals surface area contributed by atoms with Gasteiger partial charge in [-0.2, -0.15) is 0 Å². The van der Waals surface area contributed by atoms with Gasteiger partial charge in [-0.1, -0.05) is 48.5 Å². The van der Waals surface area contributed by atoms with Gasteiger partial charge in [0.05, 0.1) is 0 Å². The highest BCUT2D eigenvalue weighted by Gasteiger charge is 2.08. The Morgan fingerprint density at radius 1 is 0.895 bits per heavy atom. The summed E-state index contributed by atoms with van der Waals surface area (Å²) in [7, 11) is 0. The molecule has 2 aromatic carbocycles. The summed E-state index contributed by atoms with van der Waals surface area (Å²) in [5.41, 5.74) is 9.48. The summed E-state index contributed by atoms with van der Waals surface area (Å²) >= 11 is 0. The second-order valence-electron chi connectivity index (χ2n) is 4.76. The molecule has 1 aromatic heterocycles. The van der Waals surface area contributed by atoms with Crippen LogP contribution in [0.15, 0.2) is 60.8 Å². The topological polar surface area (TPSA) is 30.9 Å². The number of rotatable bonds is 4. The molecule has 0 spiro atoms. The highest BCUT2D eigenvalue weighted by Crippen LogP contribution is 2.30. The predicted molar refractivity (Wildman–Crippen MR) is 81.0 cm³/mol. The molecule has 0 fully saturated rings. The van der Waals surface area contributed by atoms with Crippen LogP contribution in [-0.4, -0.2) is 11.1 Å². The van der Waals surface area contributed by atoms with Gasteiger partial charge < -0.3 is 10.3 Å². The summed E-state index contributed by atoms with van der Waals surface area (Å²) in [5.74, 6) is 0. The average molecular weight is 250 g/mol. The van der Waals surface area contributed by atoms with Gasteiger partial charge in [-0.3, -0.25) is 0 Å². The van der Waals surface area contributed by atoms with Gasteiger partial charge in [-0.05, 0) is 24.6 Å². The van der Waals surface area contributed by atoms with Crippen molar-refractivity contribution in [2.75, 3.05) is 6.54 Å². The van der Waals surface area contributed by atoms with Gasteiger partial charge in [0.2, 0.25) is 0 Å². The van der Waals surface area contributed by atoms with E-state index in [-0.39, 0.29) is 0 Å². The third kappa shape index (κ3) is 2.27. The fourth-order valence-electron chi connectivity index (χ4n) is 2.54. The zero-order valence-electron chi connectivity index (χ0n) is 10.9. The molecular weight excluding hydrogens is 232 g/mol. The van der Waals surface area contributed by atoms with E-state index in [0.29, 0.717) is 0 Å². The van der Waals surface area contributed by atoms with Gasteiger partial charge in [0.1, 0.15) is 0 Å². The third-order valence-electron chi connectivity index (χ3n) is 3.48. The molecule has 0 amide bonds. The SMILES string of the molecule is NCCCn1cc(-c2ccccc2)c2ccccc21. The maximum atomic E-state index is 5.63. The molecule has 0 aliphatic carbocycles. The van der Waals surface area contributed by atoms with Gasteiger partial charge in [0.15, 0.2) is 0 Å². The number of benzene rings is 2. The van der Waals surface area contributed by atoms with Crippen LogP contribution in [0, 0.1) is 0 Å². The van der Waals surface area contributed by atoms with Crippen molar-refractivity contribution < 1.29 is 0 Å². The first-order valence-electron chi connectivity index (χ1n) is 6.73. The largest absolute Gasteiger partial charge is 0.347 e. The molecule has 96 valence electrons. The number of nitrogens with two attached hydrogens (primary N) is 1. The molecule has 0 saturated carbocycles. The molecule has 2 nitrogen and oxygen atoms in total. The molecule has 19 heavy (non-hydrogen) atoms. The van der Waals surface area contributed by atoms with E-state index in [1.165, 1.54) is 22.0 Å². The Balaban J connectivity index is 2.15. The first-order chi connectivity index (χ1) is 9.40. The van der Waals surface area contributed by atoms with Crippen LogP contribution in [0.3, 0.4) is 0 Å². The van der Waals surface area contributed by atoms with E-state index in [1.807, 2.05) is 0 Å². The van der Waals surface area contributed by atoms with E-state index in [9.17, 15) is 0 Å². The summed E-state index contributed by atoms with van der Waals surface area (Å²) in [6.07, 6.45) is 3.25. The Labute approximate surface area is 113 Å². The van der Waals surface area contributed by atoms with Gasteiger partial charge in [0, 0.05) is 29.2 Å². The van der Waals surface area contributed by atoms with E-state index in [0.717, 1.165) is 19.5 Å². The maximum absolute atomic E-state index is 5.63. The average Bonchev–Trinajstić information content (AvgIpc) is 2.85. The second kappa shape index (κ2) is 5.29. The van der Waals surface area contributed by atoms with E-state index in [2.05, 4.69) is 65.4 Å². The minimum Gasteiger partial charge on any atom is -0.347 e. The zero-order valence-corrected chi connectivity index (χ0v) is 10.9. The van der Waals surface area contributed by atoms with Gasteiger partial charge >= 0.3 is 0 Å². The van der Waals surface area contributed by atoms with E-state index >= 15 is 0 Å². The van der Waals surface area contributed by atoms with Crippen molar-refractivity contribution in [3.05, 3.63) is 60.8 Å². The normalized spacial score (nSPS) is 11.0. The van der Waals surface area contributed by atoms with Crippen LogP contribution in [0.4, 0.5) is 0 Å². The van der Waals surface area contributed by atoms with Crippen LogP contribution >= 0.6 is 0 Å². The third-order valence-corrected chi connectivity index (χ3v) is 3.48. The van der Waals surface area contributed by atoms with Crippen LogP contribution in [0.25, 0.3) is 22.0 Å². The molecular formula is C17H18N2. The zero-order chi connectivity index (χ0) is 13.1. The molecule has 3 aromatic rings. The van der Waals surface area contributed by atoms with Crippen LogP contribution in [0.2, 0.25) is 0 Å². The number of fused-ring (bicyclic) bond motifs is 1. The fraction of sp³-hybridized carbons (Fsp3) is 0.176. The van der Waals surface area contributed by atoms with Crippen LogP contribution in [0.1, 0.15) is 6.42 Å². The van der Waals surface area contributed by atoms with Crippen molar-refractivity contribution >= 4 is 10.9 Å². The molecule has 2 N–H and O–H groups in total. The molecule has 0 saturated heterocycles. The Hall–Kier alpha value is -2.06. The molecule has 0 bridgehead atoms. The minimum absolute atomic E-state index is 0.729. The lowest BCUT2D eigenvalue weighted by atomic mass is 10.1. The molecule has 0 aliphatic rings. The molecule has 2 heteroatoms. The molecule has 1 heterocycles. The second-order valence-corrected chi connectivity index (χ2v) is 4.76. The Bertz CT molecular complexity index is 668. The van der Waals surface area contributed by atoms with Crippen LogP contribution in [0.5, 0.6) is 0 Å². The molecule has 0 aliphatic heterocycles. The smallest absolute Gasteiger partial charge is 0.0486 e. The summed E-state index contributed by atoms with van der Waals surface area (Å²) in [4.78, 5) is 0. The van der Waals surface area contributed by atoms with E-state index < -0.39 is 0 Å². The number of nitrogens with zero attached hydrogens (tertiary/aromatic N) is 1. The standard InChI is InChI=1S/C17H18N2/c18-11-6-12-19-13-16(14-7-2-1-3-8-14)15-9-4-5-10-17(15)19/h1-5,7-10,13H,6,11-12,18H2. The molecule has 0 atom stereocenters. The summed E-state index contributed by atoms with van der Waals surface area (Å²) < 4.78 is 2.31. The molecule has 0 unspecified atom stereocenters. The van der Waals surface area contributed by atoms with Crippen molar-refractivity contribution in [3.63, 3.8) is 0 Å². The monoisotopic (exact) mass is 250 g/mol. The molecule has 3 rings (SSSR count). The summed E-state index contributed by atoms with van der Waals surface area (Å²) in [6.45, 7) is 1.71. The summed E-state index contributed by atoms with van der Waals surface area (Å²) in [5, 5.41) is 1.31. The minimum atomic E-state index is 0.729. The van der Waals surface area contributed by atoms with Crippen LogP contribution in [-0.2, 0) is 6.54 Å². The van der Waals surface area contributed by atoms with Gasteiger partial charge in [-0.15, -0.1) is 0 Å². The van der Waals surface area contributed by atoms with Gasteiger partial charge in [-0.25, -0.2) is 0 Å². The Morgan fingerprint density at radius 3 is 2.42 bits per heavy atom. The highest BCUT2D eigenvalue weighted by atomic mass is 15.0. The van der Waals surface area contributed by atoms with Crippen LogP contribution < -0.4 is 5.73 Å². The van der Waals surface area contributed by atoms with E-state index in [1.54, 1.807) is 0 Å². The Morgan fingerprint density at radius 2 is 1.63 bits per heavy atom. The van der Waals surface area contributed by atoms with Crippen molar-refractivity contribution in [3.8, 4) is 11.1 Å². The van der Waals surface area contributed by atoms with Crippen molar-refractivity contribution in [2.45, 2.75) is 13.0 Å². The number of hydrogen-bond donors (Lipinski definition) is 1. The lowest BCUT2D eigenvalue weighted by Crippen LogP contribution is -2.04. The quantitative estimate of drug-likeness (QED) is 0.752. The number of hydrogen-bond acceptors (Lipinski definition) is 1. The van der Waals surface area contributed by atoms with Crippen molar-refractivity contribution in [2.24, 2.45) is 5.73 Å².